The zero-order valence-corrected chi connectivity index (χ0v) is 7.77. The minimum absolute atomic E-state index is 0.0474. The third kappa shape index (κ3) is 2.29. The average molecular weight is 190 g/mol. The van der Waals surface area contributed by atoms with Crippen LogP contribution < -0.4 is 0 Å². The second-order valence-electron chi connectivity index (χ2n) is 2.57. The predicted molar refractivity (Wildman–Crippen MR) is 51.9 cm³/mol. The van der Waals surface area contributed by atoms with Crippen molar-refractivity contribution >= 4 is 12.1 Å². The van der Waals surface area contributed by atoms with Crippen LogP contribution >= 0.6 is 0 Å². The molecule has 1 aromatic carbocycles. The summed E-state index contributed by atoms with van der Waals surface area (Å²) in [4.78, 5) is 21.8. The van der Waals surface area contributed by atoms with Crippen LogP contribution in [0.4, 0.5) is 0 Å². The molecule has 0 aliphatic rings. The van der Waals surface area contributed by atoms with E-state index in [1.807, 2.05) is 6.07 Å². The van der Waals surface area contributed by atoms with Crippen LogP contribution in [0.5, 0.6) is 0 Å². The molecule has 0 saturated heterocycles. The molecule has 0 bridgehead atoms. The maximum atomic E-state index is 11.6. The molecule has 0 radical (unpaired) electrons. The summed E-state index contributed by atoms with van der Waals surface area (Å²) in [6, 6.07) is 8.65. The SMILES string of the molecule is COC(=CC=O)C(=O)c1ccccc1. The molecular weight excluding hydrogens is 180 g/mol. The van der Waals surface area contributed by atoms with Crippen molar-refractivity contribution in [3.8, 4) is 0 Å². The lowest BCUT2D eigenvalue weighted by Gasteiger charge is -2.02. The maximum Gasteiger partial charge on any atom is 0.227 e. The van der Waals surface area contributed by atoms with E-state index < -0.39 is 0 Å². The number of hydrogen-bond acceptors (Lipinski definition) is 3. The highest BCUT2D eigenvalue weighted by molar-refractivity contribution is 6.08. The van der Waals surface area contributed by atoms with Crippen LogP contribution in [0, 0.1) is 0 Å². The van der Waals surface area contributed by atoms with Crippen LogP contribution in [0.2, 0.25) is 0 Å². The minimum Gasteiger partial charge on any atom is -0.493 e. The number of aldehydes is 1. The highest BCUT2D eigenvalue weighted by Crippen LogP contribution is 2.07. The summed E-state index contributed by atoms with van der Waals surface area (Å²) >= 11 is 0. The molecule has 72 valence electrons. The van der Waals surface area contributed by atoms with Gasteiger partial charge in [0.1, 0.15) is 6.29 Å². The molecule has 0 heterocycles. The second kappa shape index (κ2) is 4.97. The Kier molecular flexibility index (Phi) is 3.61. The molecule has 0 atom stereocenters. The van der Waals surface area contributed by atoms with Gasteiger partial charge in [0.15, 0.2) is 5.76 Å². The lowest BCUT2D eigenvalue weighted by Crippen LogP contribution is -2.05. The van der Waals surface area contributed by atoms with Crippen LogP contribution in [0.25, 0.3) is 0 Å². The van der Waals surface area contributed by atoms with Gasteiger partial charge >= 0.3 is 0 Å². The molecule has 0 N–H and O–H groups in total. The fraction of sp³-hybridized carbons (Fsp3) is 0.0909. The van der Waals surface area contributed by atoms with Gasteiger partial charge < -0.3 is 4.74 Å². The molecule has 0 fully saturated rings. The van der Waals surface area contributed by atoms with Crippen LogP contribution in [0.1, 0.15) is 10.4 Å². The summed E-state index contributed by atoms with van der Waals surface area (Å²) in [5.41, 5.74) is 0.502. The Morgan fingerprint density at radius 2 is 1.93 bits per heavy atom. The van der Waals surface area contributed by atoms with E-state index in [0.29, 0.717) is 11.8 Å². The van der Waals surface area contributed by atoms with Crippen molar-refractivity contribution in [2.24, 2.45) is 0 Å². The van der Waals surface area contributed by atoms with Crippen molar-refractivity contribution in [2.45, 2.75) is 0 Å². The zero-order valence-electron chi connectivity index (χ0n) is 7.77. The zero-order chi connectivity index (χ0) is 10.4. The van der Waals surface area contributed by atoms with Gasteiger partial charge in [-0.3, -0.25) is 9.59 Å². The number of methoxy groups -OCH3 is 1. The van der Waals surface area contributed by atoms with Gasteiger partial charge in [0, 0.05) is 11.6 Å². The third-order valence-corrected chi connectivity index (χ3v) is 1.70. The predicted octanol–water partition coefficient (Wildman–Crippen LogP) is 1.60. The fourth-order valence-corrected chi connectivity index (χ4v) is 1.03. The number of carbonyl (C=O) groups is 2. The second-order valence-corrected chi connectivity index (χ2v) is 2.57. The monoisotopic (exact) mass is 190 g/mol. The first-order valence-electron chi connectivity index (χ1n) is 4.08. The molecule has 14 heavy (non-hydrogen) atoms. The lowest BCUT2D eigenvalue weighted by molar-refractivity contribution is -0.104. The molecule has 1 aromatic rings. The molecule has 1 rings (SSSR count). The Balaban J connectivity index is 2.95. The Hall–Kier alpha value is -1.90. The number of ether oxygens (including phenoxy) is 1. The van der Waals surface area contributed by atoms with E-state index in [4.69, 9.17) is 4.74 Å². The highest BCUT2D eigenvalue weighted by atomic mass is 16.5. The number of benzene rings is 1. The maximum absolute atomic E-state index is 11.6. The number of hydrogen-bond donors (Lipinski definition) is 0. The van der Waals surface area contributed by atoms with E-state index >= 15 is 0 Å². The van der Waals surface area contributed by atoms with Gasteiger partial charge in [0.2, 0.25) is 5.78 Å². The van der Waals surface area contributed by atoms with Crippen molar-refractivity contribution in [3.05, 3.63) is 47.7 Å². The van der Waals surface area contributed by atoms with Gasteiger partial charge in [-0.15, -0.1) is 0 Å². The van der Waals surface area contributed by atoms with Crippen LogP contribution in [0.3, 0.4) is 0 Å². The van der Waals surface area contributed by atoms with Gasteiger partial charge in [0.05, 0.1) is 7.11 Å². The van der Waals surface area contributed by atoms with E-state index in [2.05, 4.69) is 0 Å². The Labute approximate surface area is 82.0 Å². The summed E-state index contributed by atoms with van der Waals surface area (Å²) in [5, 5.41) is 0. The largest absolute Gasteiger partial charge is 0.493 e. The van der Waals surface area contributed by atoms with Gasteiger partial charge in [-0.05, 0) is 0 Å². The van der Waals surface area contributed by atoms with Crippen LogP contribution in [0.15, 0.2) is 42.2 Å². The van der Waals surface area contributed by atoms with Crippen LogP contribution in [-0.2, 0) is 9.53 Å². The molecule has 0 spiro atoms. The first kappa shape index (κ1) is 10.2. The Morgan fingerprint density at radius 3 is 2.43 bits per heavy atom. The summed E-state index contributed by atoms with van der Waals surface area (Å²) in [7, 11) is 1.36. The summed E-state index contributed by atoms with van der Waals surface area (Å²) in [6.07, 6.45) is 1.63. The lowest BCUT2D eigenvalue weighted by atomic mass is 10.1. The van der Waals surface area contributed by atoms with Crippen molar-refractivity contribution in [2.75, 3.05) is 7.11 Å². The third-order valence-electron chi connectivity index (χ3n) is 1.70. The summed E-state index contributed by atoms with van der Waals surface area (Å²) in [6.45, 7) is 0. The van der Waals surface area contributed by atoms with Crippen molar-refractivity contribution in [3.63, 3.8) is 0 Å². The molecule has 0 unspecified atom stereocenters. The highest BCUT2D eigenvalue weighted by Gasteiger charge is 2.11. The number of Topliss-reactive ketones (excluding diaryl/α,β-unsaturated/α-hetero) is 1. The first-order chi connectivity index (χ1) is 6.79. The minimum atomic E-state index is -0.291. The van der Waals surface area contributed by atoms with Crippen molar-refractivity contribution < 1.29 is 14.3 Å². The van der Waals surface area contributed by atoms with E-state index in [1.165, 1.54) is 7.11 Å². The Bertz CT molecular complexity index is 352. The van der Waals surface area contributed by atoms with Crippen molar-refractivity contribution in [1.29, 1.82) is 0 Å². The summed E-state index contributed by atoms with van der Waals surface area (Å²) in [5.74, 6) is -0.244. The summed E-state index contributed by atoms with van der Waals surface area (Å²) < 4.78 is 4.79. The van der Waals surface area contributed by atoms with Crippen LogP contribution in [-0.4, -0.2) is 19.2 Å². The molecule has 0 saturated carbocycles. The van der Waals surface area contributed by atoms with Gasteiger partial charge in [-0.1, -0.05) is 30.3 Å². The van der Waals surface area contributed by atoms with Gasteiger partial charge in [-0.2, -0.15) is 0 Å². The Morgan fingerprint density at radius 1 is 1.29 bits per heavy atom. The van der Waals surface area contributed by atoms with E-state index in [9.17, 15) is 9.59 Å². The molecule has 3 heteroatoms. The normalized spacial score (nSPS) is 10.8. The standard InChI is InChI=1S/C11H10O3/c1-14-10(7-8-12)11(13)9-5-3-2-4-6-9/h2-8H,1H3. The smallest absolute Gasteiger partial charge is 0.227 e. The number of ketones is 1. The van der Waals surface area contributed by atoms with E-state index in [-0.39, 0.29) is 11.5 Å². The van der Waals surface area contributed by atoms with Gasteiger partial charge in [0.25, 0.3) is 0 Å². The van der Waals surface area contributed by atoms with Crippen molar-refractivity contribution in [1.82, 2.24) is 0 Å². The molecule has 0 aromatic heterocycles. The number of carbonyl (C=O) groups excluding carboxylic acids is 2. The average Bonchev–Trinajstić information content (AvgIpc) is 2.26. The quantitative estimate of drug-likeness (QED) is 0.313. The van der Waals surface area contributed by atoms with E-state index in [0.717, 1.165) is 6.08 Å². The first-order valence-corrected chi connectivity index (χ1v) is 4.08. The molecule has 0 aliphatic heterocycles. The molecule has 0 aliphatic carbocycles. The fourth-order valence-electron chi connectivity index (χ4n) is 1.03. The van der Waals surface area contributed by atoms with E-state index in [1.54, 1.807) is 24.3 Å². The molecular formula is C11H10O3. The molecule has 0 amide bonds. The number of allylic oxidation sites excluding steroid dienone is 2. The molecule has 3 nitrogen and oxygen atoms in total. The van der Waals surface area contributed by atoms with Gasteiger partial charge in [-0.25, -0.2) is 0 Å². The topological polar surface area (TPSA) is 43.4 Å². The number of rotatable bonds is 4.